The number of halogens is 2. The molecule has 0 spiro atoms. The van der Waals surface area contributed by atoms with Crippen molar-refractivity contribution in [2.24, 2.45) is 0 Å². The van der Waals surface area contributed by atoms with Crippen molar-refractivity contribution in [3.63, 3.8) is 0 Å². The van der Waals surface area contributed by atoms with Gasteiger partial charge in [0.05, 0.1) is 5.02 Å². The van der Waals surface area contributed by atoms with E-state index in [1.54, 1.807) is 23.1 Å². The number of benzene rings is 1. The predicted octanol–water partition coefficient (Wildman–Crippen LogP) is 4.59. The molecule has 20 heavy (non-hydrogen) atoms. The first-order chi connectivity index (χ1) is 9.61. The number of ether oxygens (including phenoxy) is 1. The van der Waals surface area contributed by atoms with E-state index >= 15 is 0 Å². The third-order valence-electron chi connectivity index (χ3n) is 2.91. The minimum absolute atomic E-state index is 0.145. The number of hydrogen-bond donors (Lipinski definition) is 0. The second kappa shape index (κ2) is 7.07. The lowest BCUT2D eigenvalue weighted by atomic mass is 10.2. The summed E-state index contributed by atoms with van der Waals surface area (Å²) in [5.74, 6) is 0.567. The van der Waals surface area contributed by atoms with Crippen LogP contribution in [0.3, 0.4) is 0 Å². The first-order valence-corrected chi connectivity index (χ1v) is 7.35. The van der Waals surface area contributed by atoms with Gasteiger partial charge in [-0.15, -0.1) is 5.10 Å². The number of unbranched alkanes of at least 4 members (excludes halogenated alkanes) is 1. The molecule has 0 radical (unpaired) electrons. The summed E-state index contributed by atoms with van der Waals surface area (Å²) in [6, 6.07) is 5.26. The van der Waals surface area contributed by atoms with E-state index in [0.717, 1.165) is 18.4 Å². The molecule has 0 amide bonds. The van der Waals surface area contributed by atoms with Crippen LogP contribution in [0.15, 0.2) is 24.5 Å². The van der Waals surface area contributed by atoms with Crippen LogP contribution < -0.4 is 0 Å². The molecule has 0 bridgehead atoms. The minimum atomic E-state index is -0.145. The molecule has 0 aliphatic carbocycles. The minimum Gasteiger partial charge on any atom is -0.357 e. The third-order valence-corrected chi connectivity index (χ3v) is 3.46. The predicted molar refractivity (Wildman–Crippen MR) is 81.0 cm³/mol. The molecule has 0 saturated heterocycles. The SMILES string of the molecule is CCCCOC(C)n1cnc(-c2ccc(Cl)cc2Cl)n1. The van der Waals surface area contributed by atoms with Crippen molar-refractivity contribution < 1.29 is 4.74 Å². The molecule has 0 fully saturated rings. The molecule has 0 aliphatic heterocycles. The van der Waals surface area contributed by atoms with Crippen molar-refractivity contribution in [1.82, 2.24) is 14.8 Å². The summed E-state index contributed by atoms with van der Waals surface area (Å²) in [6.07, 6.45) is 3.65. The van der Waals surface area contributed by atoms with E-state index < -0.39 is 0 Å². The summed E-state index contributed by atoms with van der Waals surface area (Å²) in [5, 5.41) is 5.53. The van der Waals surface area contributed by atoms with Crippen LogP contribution in [0.25, 0.3) is 11.4 Å². The fourth-order valence-corrected chi connectivity index (χ4v) is 2.21. The van der Waals surface area contributed by atoms with Crippen LogP contribution in [0.5, 0.6) is 0 Å². The lowest BCUT2D eigenvalue weighted by molar-refractivity contribution is 0.00628. The zero-order valence-electron chi connectivity index (χ0n) is 11.5. The highest BCUT2D eigenvalue weighted by atomic mass is 35.5. The Morgan fingerprint density at radius 2 is 2.15 bits per heavy atom. The standard InChI is InChI=1S/C14H17Cl2N3O/c1-3-4-7-20-10(2)19-9-17-14(18-19)12-6-5-11(15)8-13(12)16/h5-6,8-10H,3-4,7H2,1-2H3. The maximum Gasteiger partial charge on any atom is 0.182 e. The highest BCUT2D eigenvalue weighted by Crippen LogP contribution is 2.28. The molecule has 0 saturated carbocycles. The second-order valence-electron chi connectivity index (χ2n) is 4.50. The molecule has 6 heteroatoms. The number of nitrogens with zero attached hydrogens (tertiary/aromatic N) is 3. The lowest BCUT2D eigenvalue weighted by Gasteiger charge is -2.12. The van der Waals surface area contributed by atoms with Crippen molar-refractivity contribution in [3.8, 4) is 11.4 Å². The summed E-state index contributed by atoms with van der Waals surface area (Å²) in [7, 11) is 0. The van der Waals surface area contributed by atoms with Crippen molar-refractivity contribution in [1.29, 1.82) is 0 Å². The summed E-state index contributed by atoms with van der Waals surface area (Å²) in [6.45, 7) is 4.79. The maximum absolute atomic E-state index is 6.15. The van der Waals surface area contributed by atoms with E-state index in [9.17, 15) is 0 Å². The molecule has 4 nitrogen and oxygen atoms in total. The first-order valence-electron chi connectivity index (χ1n) is 6.60. The van der Waals surface area contributed by atoms with Crippen LogP contribution in [0.4, 0.5) is 0 Å². The van der Waals surface area contributed by atoms with E-state index in [4.69, 9.17) is 27.9 Å². The van der Waals surface area contributed by atoms with Crippen LogP contribution in [-0.2, 0) is 4.74 Å². The van der Waals surface area contributed by atoms with E-state index in [1.165, 1.54) is 0 Å². The quantitative estimate of drug-likeness (QED) is 0.732. The van der Waals surface area contributed by atoms with Gasteiger partial charge in [0.2, 0.25) is 0 Å². The molecule has 0 N–H and O–H groups in total. The second-order valence-corrected chi connectivity index (χ2v) is 5.34. The van der Waals surface area contributed by atoms with Crippen LogP contribution >= 0.6 is 23.2 Å². The Labute approximate surface area is 128 Å². The molecular formula is C14H17Cl2N3O. The van der Waals surface area contributed by atoms with E-state index in [0.29, 0.717) is 22.5 Å². The molecule has 2 aromatic rings. The van der Waals surface area contributed by atoms with Crippen molar-refractivity contribution in [2.75, 3.05) is 6.61 Å². The Kier molecular flexibility index (Phi) is 5.40. The Hall–Kier alpha value is -1.10. The van der Waals surface area contributed by atoms with Gasteiger partial charge in [0.15, 0.2) is 5.82 Å². The van der Waals surface area contributed by atoms with Gasteiger partial charge in [-0.05, 0) is 31.5 Å². The molecule has 1 heterocycles. The Morgan fingerprint density at radius 1 is 1.35 bits per heavy atom. The van der Waals surface area contributed by atoms with Crippen LogP contribution in [0.1, 0.15) is 32.9 Å². The molecule has 108 valence electrons. The smallest absolute Gasteiger partial charge is 0.182 e. The van der Waals surface area contributed by atoms with Crippen molar-refractivity contribution in [3.05, 3.63) is 34.6 Å². The summed E-state index contributed by atoms with van der Waals surface area (Å²) in [4.78, 5) is 4.27. The van der Waals surface area contributed by atoms with Crippen LogP contribution in [0.2, 0.25) is 10.0 Å². The molecule has 1 aromatic carbocycles. The van der Waals surface area contributed by atoms with Gasteiger partial charge in [-0.2, -0.15) is 0 Å². The molecule has 0 aliphatic rings. The summed E-state index contributed by atoms with van der Waals surface area (Å²) >= 11 is 12.0. The Bertz CT molecular complexity index is 571. The average Bonchev–Trinajstić information content (AvgIpc) is 2.88. The number of rotatable bonds is 6. The normalized spacial score (nSPS) is 12.6. The third kappa shape index (κ3) is 3.72. The largest absolute Gasteiger partial charge is 0.357 e. The zero-order chi connectivity index (χ0) is 14.5. The van der Waals surface area contributed by atoms with Gasteiger partial charge >= 0.3 is 0 Å². The first kappa shape index (κ1) is 15.3. The van der Waals surface area contributed by atoms with E-state index in [-0.39, 0.29) is 6.23 Å². The lowest BCUT2D eigenvalue weighted by Crippen LogP contribution is -2.10. The fourth-order valence-electron chi connectivity index (χ4n) is 1.72. The van der Waals surface area contributed by atoms with Gasteiger partial charge in [0.25, 0.3) is 0 Å². The maximum atomic E-state index is 6.15. The van der Waals surface area contributed by atoms with Gasteiger partial charge in [0, 0.05) is 17.2 Å². The van der Waals surface area contributed by atoms with E-state index in [2.05, 4.69) is 17.0 Å². The topological polar surface area (TPSA) is 39.9 Å². The van der Waals surface area contributed by atoms with Gasteiger partial charge < -0.3 is 4.74 Å². The average molecular weight is 314 g/mol. The van der Waals surface area contributed by atoms with Gasteiger partial charge in [-0.25, -0.2) is 9.67 Å². The highest BCUT2D eigenvalue weighted by Gasteiger charge is 2.12. The molecular weight excluding hydrogens is 297 g/mol. The number of aromatic nitrogens is 3. The molecule has 1 atom stereocenters. The van der Waals surface area contributed by atoms with Gasteiger partial charge in [0.1, 0.15) is 12.6 Å². The zero-order valence-corrected chi connectivity index (χ0v) is 13.0. The van der Waals surface area contributed by atoms with Crippen LogP contribution in [-0.4, -0.2) is 21.4 Å². The fraction of sp³-hybridized carbons (Fsp3) is 0.429. The molecule has 1 unspecified atom stereocenters. The summed E-state index contributed by atoms with van der Waals surface area (Å²) < 4.78 is 7.36. The summed E-state index contributed by atoms with van der Waals surface area (Å²) in [5.41, 5.74) is 0.760. The monoisotopic (exact) mass is 313 g/mol. The van der Waals surface area contributed by atoms with Gasteiger partial charge in [-0.3, -0.25) is 0 Å². The van der Waals surface area contributed by atoms with Crippen LogP contribution in [0, 0.1) is 0 Å². The van der Waals surface area contributed by atoms with Crippen molar-refractivity contribution in [2.45, 2.75) is 32.9 Å². The Morgan fingerprint density at radius 3 is 2.85 bits per heavy atom. The number of hydrogen-bond acceptors (Lipinski definition) is 3. The van der Waals surface area contributed by atoms with E-state index in [1.807, 2.05) is 13.0 Å². The Balaban J connectivity index is 2.12. The van der Waals surface area contributed by atoms with Crippen molar-refractivity contribution >= 4 is 23.2 Å². The van der Waals surface area contributed by atoms with Gasteiger partial charge in [-0.1, -0.05) is 36.5 Å². The molecule has 1 aromatic heterocycles. The highest BCUT2D eigenvalue weighted by molar-refractivity contribution is 6.36. The molecule has 2 rings (SSSR count).